The van der Waals surface area contributed by atoms with E-state index in [1.165, 1.54) is 29.7 Å². The van der Waals surface area contributed by atoms with E-state index in [0.717, 1.165) is 35.4 Å². The zero-order valence-electron chi connectivity index (χ0n) is 18.5. The summed E-state index contributed by atoms with van der Waals surface area (Å²) in [5.74, 6) is -0.404. The van der Waals surface area contributed by atoms with Gasteiger partial charge in [0.2, 0.25) is 0 Å². The lowest BCUT2D eigenvalue weighted by Gasteiger charge is -2.70. The average Bonchev–Trinajstić information content (AvgIpc) is 3.17. The zero-order chi connectivity index (χ0) is 22.6. The third-order valence-electron chi connectivity index (χ3n) is 7.07. The van der Waals surface area contributed by atoms with Crippen molar-refractivity contribution in [2.24, 2.45) is 10.8 Å². The Bertz CT molecular complexity index is 1430. The Morgan fingerprint density at radius 3 is 2.85 bits per heavy atom. The van der Waals surface area contributed by atoms with Crippen LogP contribution in [0.5, 0.6) is 0 Å². The van der Waals surface area contributed by atoms with Gasteiger partial charge in [0.15, 0.2) is 0 Å². The molecule has 3 aliphatic rings. The number of pyridine rings is 2. The number of hydrogen-bond donors (Lipinski definition) is 3. The molecule has 0 aromatic carbocycles. The SMILES string of the molecule is CC12CC(CNCc3cc4cnc(CNC(=O)c5cc(=O)n6ccccc6n5)cc4[nH]3)(C1)C2. The summed E-state index contributed by atoms with van der Waals surface area (Å²) >= 11 is 0. The lowest BCUT2D eigenvalue weighted by Crippen LogP contribution is -2.63. The zero-order valence-corrected chi connectivity index (χ0v) is 18.5. The van der Waals surface area contributed by atoms with Crippen molar-refractivity contribution in [3.05, 3.63) is 76.2 Å². The van der Waals surface area contributed by atoms with Gasteiger partial charge in [-0.05, 0) is 54.4 Å². The van der Waals surface area contributed by atoms with Crippen molar-refractivity contribution in [3.8, 4) is 0 Å². The third-order valence-corrected chi connectivity index (χ3v) is 7.07. The summed E-state index contributed by atoms with van der Waals surface area (Å²) in [6.45, 7) is 4.53. The van der Waals surface area contributed by atoms with Gasteiger partial charge in [-0.1, -0.05) is 13.0 Å². The number of carbonyl (C=O) groups excluding carboxylic acids is 1. The Kier molecular flexibility index (Phi) is 4.42. The lowest BCUT2D eigenvalue weighted by molar-refractivity contribution is -0.187. The first-order chi connectivity index (χ1) is 15.9. The van der Waals surface area contributed by atoms with Gasteiger partial charge in [-0.25, -0.2) is 4.98 Å². The second-order valence-corrected chi connectivity index (χ2v) is 10.1. The molecule has 0 atom stereocenters. The highest BCUT2D eigenvalue weighted by atomic mass is 16.2. The Morgan fingerprint density at radius 2 is 2.03 bits per heavy atom. The van der Waals surface area contributed by atoms with Crippen LogP contribution in [0, 0.1) is 10.8 Å². The fourth-order valence-electron chi connectivity index (χ4n) is 5.96. The highest BCUT2D eigenvalue weighted by Crippen LogP contribution is 2.72. The van der Waals surface area contributed by atoms with E-state index in [4.69, 9.17) is 0 Å². The number of aromatic nitrogens is 4. The van der Waals surface area contributed by atoms with Crippen molar-refractivity contribution >= 4 is 22.5 Å². The van der Waals surface area contributed by atoms with Crippen LogP contribution in [0.1, 0.15) is 48.1 Å². The van der Waals surface area contributed by atoms with Crippen molar-refractivity contribution in [3.63, 3.8) is 0 Å². The summed E-state index contributed by atoms with van der Waals surface area (Å²) in [5, 5.41) is 7.46. The van der Waals surface area contributed by atoms with Crippen molar-refractivity contribution in [2.45, 2.75) is 39.3 Å². The van der Waals surface area contributed by atoms with E-state index in [9.17, 15) is 9.59 Å². The van der Waals surface area contributed by atoms with E-state index in [2.05, 4.69) is 38.6 Å². The molecule has 1 amide bonds. The molecule has 33 heavy (non-hydrogen) atoms. The molecular weight excluding hydrogens is 416 g/mol. The predicted octanol–water partition coefficient (Wildman–Crippen LogP) is 2.78. The fraction of sp³-hybridized carbons (Fsp3) is 0.360. The lowest BCUT2D eigenvalue weighted by atomic mass is 9.36. The van der Waals surface area contributed by atoms with E-state index < -0.39 is 5.91 Å². The molecule has 2 bridgehead atoms. The standard InChI is InChI=1S/C25H26N6O2/c1-24-12-25(13-24,14-24)15-26-10-18-6-16-9-27-17(7-19(16)29-18)11-28-23(33)20-8-22(32)31-5-3-2-4-21(31)30-20/h2-9,26,29H,10-15H2,1H3,(H,28,33). The number of H-pyrrole nitrogens is 1. The van der Waals surface area contributed by atoms with Crippen LogP contribution in [0.3, 0.4) is 0 Å². The Balaban J connectivity index is 1.09. The summed E-state index contributed by atoms with van der Waals surface area (Å²) < 4.78 is 1.40. The van der Waals surface area contributed by atoms with Gasteiger partial charge in [0.1, 0.15) is 11.3 Å². The van der Waals surface area contributed by atoms with Gasteiger partial charge in [0.05, 0.1) is 12.2 Å². The molecule has 7 rings (SSSR count). The van der Waals surface area contributed by atoms with Crippen molar-refractivity contribution in [2.75, 3.05) is 6.54 Å². The van der Waals surface area contributed by atoms with Crippen molar-refractivity contribution in [1.82, 2.24) is 30.0 Å². The summed E-state index contributed by atoms with van der Waals surface area (Å²) in [7, 11) is 0. The van der Waals surface area contributed by atoms with Gasteiger partial charge < -0.3 is 15.6 Å². The first-order valence-electron chi connectivity index (χ1n) is 11.3. The van der Waals surface area contributed by atoms with Crippen LogP contribution in [-0.2, 0) is 13.1 Å². The third kappa shape index (κ3) is 3.60. The molecule has 3 fully saturated rings. The number of nitrogens with zero attached hydrogens (tertiary/aromatic N) is 3. The van der Waals surface area contributed by atoms with Gasteiger partial charge in [-0.2, -0.15) is 0 Å². The van der Waals surface area contributed by atoms with Gasteiger partial charge in [0.25, 0.3) is 11.5 Å². The number of nitrogens with one attached hydrogen (secondary N) is 3. The molecule has 0 unspecified atom stereocenters. The van der Waals surface area contributed by atoms with Crippen LogP contribution in [-0.4, -0.2) is 31.8 Å². The number of amides is 1. The number of rotatable bonds is 7. The number of fused-ring (bicyclic) bond motifs is 2. The van der Waals surface area contributed by atoms with Gasteiger partial charge in [-0.3, -0.25) is 19.0 Å². The second-order valence-electron chi connectivity index (χ2n) is 10.1. The van der Waals surface area contributed by atoms with Gasteiger partial charge >= 0.3 is 0 Å². The summed E-state index contributed by atoms with van der Waals surface area (Å²) in [6.07, 6.45) is 7.54. The minimum Gasteiger partial charge on any atom is -0.357 e. The fourth-order valence-corrected chi connectivity index (χ4v) is 5.96. The number of hydrogen-bond acceptors (Lipinski definition) is 5. The monoisotopic (exact) mass is 442 g/mol. The molecule has 0 spiro atoms. The molecule has 168 valence electrons. The first-order valence-corrected chi connectivity index (χ1v) is 11.3. The summed E-state index contributed by atoms with van der Waals surface area (Å²) in [4.78, 5) is 37.0. The second kappa shape index (κ2) is 7.25. The Labute approximate surface area is 190 Å². The molecular formula is C25H26N6O2. The minimum atomic E-state index is -0.404. The summed E-state index contributed by atoms with van der Waals surface area (Å²) in [6, 6.07) is 10.5. The van der Waals surface area contributed by atoms with Crippen LogP contribution in [0.2, 0.25) is 0 Å². The molecule has 4 aromatic rings. The highest BCUT2D eigenvalue weighted by molar-refractivity contribution is 5.92. The molecule has 8 heteroatoms. The van der Waals surface area contributed by atoms with E-state index in [0.29, 0.717) is 16.5 Å². The predicted molar refractivity (Wildman–Crippen MR) is 125 cm³/mol. The maximum Gasteiger partial charge on any atom is 0.270 e. The van der Waals surface area contributed by atoms with E-state index >= 15 is 0 Å². The quantitative estimate of drug-likeness (QED) is 0.408. The van der Waals surface area contributed by atoms with E-state index in [1.807, 2.05) is 12.3 Å². The minimum absolute atomic E-state index is 0.0956. The first kappa shape index (κ1) is 20.1. The molecule has 3 saturated carbocycles. The molecule has 0 radical (unpaired) electrons. The average molecular weight is 443 g/mol. The smallest absolute Gasteiger partial charge is 0.270 e. The number of aromatic amines is 1. The van der Waals surface area contributed by atoms with Crippen molar-refractivity contribution < 1.29 is 4.79 Å². The molecule has 0 saturated heterocycles. The van der Waals surface area contributed by atoms with Crippen LogP contribution in [0.15, 0.2) is 53.6 Å². The molecule has 8 nitrogen and oxygen atoms in total. The molecule has 3 aliphatic carbocycles. The van der Waals surface area contributed by atoms with E-state index in [-0.39, 0.29) is 17.8 Å². The van der Waals surface area contributed by atoms with E-state index in [1.54, 1.807) is 24.4 Å². The Hall–Kier alpha value is -3.52. The molecule has 4 aromatic heterocycles. The maximum atomic E-state index is 12.6. The van der Waals surface area contributed by atoms with Crippen LogP contribution >= 0.6 is 0 Å². The maximum absolute atomic E-state index is 12.6. The number of carbonyl (C=O) groups is 1. The normalized spacial score (nSPS) is 23.3. The van der Waals surface area contributed by atoms with Crippen LogP contribution < -0.4 is 16.2 Å². The molecule has 3 N–H and O–H groups in total. The van der Waals surface area contributed by atoms with Gasteiger partial charge in [-0.15, -0.1) is 0 Å². The van der Waals surface area contributed by atoms with Crippen LogP contribution in [0.4, 0.5) is 0 Å². The van der Waals surface area contributed by atoms with Gasteiger partial charge in [0, 0.05) is 48.1 Å². The highest BCUT2D eigenvalue weighted by Gasteiger charge is 2.64. The largest absolute Gasteiger partial charge is 0.357 e. The molecule has 0 aliphatic heterocycles. The Morgan fingerprint density at radius 1 is 1.18 bits per heavy atom. The van der Waals surface area contributed by atoms with Crippen LogP contribution in [0.25, 0.3) is 16.6 Å². The summed E-state index contributed by atoms with van der Waals surface area (Å²) in [5.41, 5.74) is 4.29. The van der Waals surface area contributed by atoms with Crippen molar-refractivity contribution in [1.29, 1.82) is 0 Å². The topological polar surface area (TPSA) is 104 Å². The molecule has 4 heterocycles.